The van der Waals surface area contributed by atoms with E-state index in [0.717, 1.165) is 0 Å². The Labute approximate surface area is 115 Å². The average Bonchev–Trinajstić information content (AvgIpc) is 2.46. The normalized spacial score (nSPS) is 10.1. The highest BCUT2D eigenvalue weighted by atomic mass is 16.6. The Morgan fingerprint density at radius 3 is 2.95 bits per heavy atom. The third-order valence-corrected chi connectivity index (χ3v) is 2.46. The number of benzene rings is 1. The van der Waals surface area contributed by atoms with Crippen molar-refractivity contribution in [1.29, 1.82) is 0 Å². The van der Waals surface area contributed by atoms with Crippen molar-refractivity contribution in [3.05, 3.63) is 52.7 Å². The molecule has 0 radical (unpaired) electrons. The molecule has 7 nitrogen and oxygen atoms in total. The van der Waals surface area contributed by atoms with Gasteiger partial charge in [0.25, 0.3) is 0 Å². The number of nitro groups is 1. The molecular weight excluding hydrogens is 260 g/mol. The zero-order valence-corrected chi connectivity index (χ0v) is 10.7. The highest BCUT2D eigenvalue weighted by Gasteiger charge is 2.14. The molecule has 1 heterocycles. The number of hydrogen-bond donors (Lipinski definition) is 2. The average molecular weight is 274 g/mol. The topological polar surface area (TPSA) is 103 Å². The smallest absolute Gasteiger partial charge is 0.387 e. The molecule has 1 aromatic heterocycles. The van der Waals surface area contributed by atoms with E-state index < -0.39 is 4.92 Å². The summed E-state index contributed by atoms with van der Waals surface area (Å²) in [6.45, 7) is 0.836. The summed E-state index contributed by atoms with van der Waals surface area (Å²) >= 11 is 0. The first kappa shape index (κ1) is 13.8. The predicted octanol–water partition coefficient (Wildman–Crippen LogP) is 2.07. The van der Waals surface area contributed by atoms with Crippen molar-refractivity contribution < 1.29 is 9.66 Å². The maximum Gasteiger partial charge on any atom is 0.387 e. The Hall–Kier alpha value is -2.67. The van der Waals surface area contributed by atoms with Gasteiger partial charge in [-0.05, 0) is 34.2 Å². The third-order valence-electron chi connectivity index (χ3n) is 2.46. The standard InChI is InChI=1S/C13H14N4O3/c14-6-8-20-11-4-1-3-10(9-11)16-12-5-2-7-15-13(12)17(18)19/h1-5,7,9,16H,6,8,14H2. The zero-order chi connectivity index (χ0) is 14.4. The van der Waals surface area contributed by atoms with Gasteiger partial charge in [-0.15, -0.1) is 0 Å². The van der Waals surface area contributed by atoms with Gasteiger partial charge >= 0.3 is 5.82 Å². The molecule has 2 rings (SSSR count). The molecule has 0 aliphatic carbocycles. The fourth-order valence-electron chi connectivity index (χ4n) is 1.64. The molecule has 0 spiro atoms. The van der Waals surface area contributed by atoms with Crippen LogP contribution in [0.1, 0.15) is 0 Å². The molecule has 2 aromatic rings. The third kappa shape index (κ3) is 3.42. The Morgan fingerprint density at radius 1 is 1.35 bits per heavy atom. The molecule has 104 valence electrons. The minimum atomic E-state index is -0.531. The predicted molar refractivity (Wildman–Crippen MR) is 75.2 cm³/mol. The summed E-state index contributed by atoms with van der Waals surface area (Å²) in [6, 6.07) is 10.3. The molecule has 0 amide bonds. The van der Waals surface area contributed by atoms with Gasteiger partial charge in [-0.1, -0.05) is 6.07 Å². The molecule has 0 atom stereocenters. The number of aromatic nitrogens is 1. The van der Waals surface area contributed by atoms with Crippen LogP contribution >= 0.6 is 0 Å². The van der Waals surface area contributed by atoms with E-state index in [-0.39, 0.29) is 5.82 Å². The molecule has 3 N–H and O–H groups in total. The van der Waals surface area contributed by atoms with E-state index in [9.17, 15) is 10.1 Å². The molecule has 0 aliphatic rings. The van der Waals surface area contributed by atoms with Gasteiger partial charge in [0.1, 0.15) is 24.2 Å². The van der Waals surface area contributed by atoms with Gasteiger partial charge in [-0.3, -0.25) is 0 Å². The summed E-state index contributed by atoms with van der Waals surface area (Å²) in [5.74, 6) is 0.424. The lowest BCUT2D eigenvalue weighted by Gasteiger charge is -2.09. The number of nitrogens with zero attached hydrogens (tertiary/aromatic N) is 2. The molecule has 0 saturated carbocycles. The first-order chi connectivity index (χ1) is 9.70. The van der Waals surface area contributed by atoms with Crippen molar-refractivity contribution in [3.63, 3.8) is 0 Å². The summed E-state index contributed by atoms with van der Waals surface area (Å²) in [6.07, 6.45) is 1.38. The van der Waals surface area contributed by atoms with Gasteiger partial charge in [0.05, 0.1) is 0 Å². The fourth-order valence-corrected chi connectivity index (χ4v) is 1.64. The van der Waals surface area contributed by atoms with Crippen LogP contribution in [0.2, 0.25) is 0 Å². The van der Waals surface area contributed by atoms with Crippen LogP contribution in [0.25, 0.3) is 0 Å². The van der Waals surface area contributed by atoms with Crippen LogP contribution in [-0.2, 0) is 0 Å². The van der Waals surface area contributed by atoms with E-state index in [1.807, 2.05) is 0 Å². The Bertz CT molecular complexity index is 604. The molecule has 1 aromatic carbocycles. The van der Waals surface area contributed by atoms with Crippen LogP contribution in [0.15, 0.2) is 42.6 Å². The van der Waals surface area contributed by atoms with Gasteiger partial charge < -0.3 is 25.9 Å². The first-order valence-corrected chi connectivity index (χ1v) is 6.00. The summed E-state index contributed by atoms with van der Waals surface area (Å²) < 4.78 is 5.40. The minimum Gasteiger partial charge on any atom is -0.492 e. The van der Waals surface area contributed by atoms with E-state index in [1.54, 1.807) is 36.4 Å². The van der Waals surface area contributed by atoms with Crippen molar-refractivity contribution in [2.24, 2.45) is 5.73 Å². The minimum absolute atomic E-state index is 0.222. The second kappa shape index (κ2) is 6.48. The highest BCUT2D eigenvalue weighted by Crippen LogP contribution is 2.26. The summed E-state index contributed by atoms with van der Waals surface area (Å²) in [4.78, 5) is 14.1. The lowest BCUT2D eigenvalue weighted by atomic mass is 10.3. The Morgan fingerprint density at radius 2 is 2.20 bits per heavy atom. The van der Waals surface area contributed by atoms with Gasteiger partial charge in [0.15, 0.2) is 0 Å². The van der Waals surface area contributed by atoms with Crippen LogP contribution in [0.4, 0.5) is 17.2 Å². The zero-order valence-electron chi connectivity index (χ0n) is 10.7. The summed E-state index contributed by atoms with van der Waals surface area (Å²) in [5.41, 5.74) is 6.37. The number of nitrogens with one attached hydrogen (secondary N) is 1. The molecule has 0 bridgehead atoms. The molecule has 7 heteroatoms. The van der Waals surface area contributed by atoms with Crippen molar-refractivity contribution in [2.75, 3.05) is 18.5 Å². The van der Waals surface area contributed by atoms with Crippen molar-refractivity contribution in [2.45, 2.75) is 0 Å². The number of pyridine rings is 1. The monoisotopic (exact) mass is 274 g/mol. The summed E-state index contributed by atoms with van der Waals surface area (Å²) in [7, 11) is 0. The first-order valence-electron chi connectivity index (χ1n) is 6.00. The van der Waals surface area contributed by atoms with Gasteiger partial charge in [-0.25, -0.2) is 0 Å². The van der Waals surface area contributed by atoms with E-state index in [0.29, 0.717) is 30.3 Å². The molecule has 0 fully saturated rings. The Balaban J connectivity index is 2.20. The number of ether oxygens (including phenoxy) is 1. The number of hydrogen-bond acceptors (Lipinski definition) is 6. The number of anilines is 2. The second-order valence-corrected chi connectivity index (χ2v) is 3.92. The van der Waals surface area contributed by atoms with E-state index in [2.05, 4.69) is 10.3 Å². The number of nitrogens with two attached hydrogens (primary N) is 1. The largest absolute Gasteiger partial charge is 0.492 e. The maximum atomic E-state index is 10.9. The molecule has 0 saturated heterocycles. The molecular formula is C13H14N4O3. The molecule has 20 heavy (non-hydrogen) atoms. The quantitative estimate of drug-likeness (QED) is 0.617. The van der Waals surface area contributed by atoms with E-state index >= 15 is 0 Å². The van der Waals surface area contributed by atoms with Crippen LogP contribution in [0.3, 0.4) is 0 Å². The van der Waals surface area contributed by atoms with Gasteiger partial charge in [-0.2, -0.15) is 0 Å². The fraction of sp³-hybridized carbons (Fsp3) is 0.154. The number of rotatable bonds is 6. The van der Waals surface area contributed by atoms with Crippen molar-refractivity contribution >= 4 is 17.2 Å². The second-order valence-electron chi connectivity index (χ2n) is 3.92. The van der Waals surface area contributed by atoms with E-state index in [1.165, 1.54) is 6.20 Å². The van der Waals surface area contributed by atoms with Gasteiger partial charge in [0, 0.05) is 18.3 Å². The van der Waals surface area contributed by atoms with Crippen LogP contribution in [0, 0.1) is 10.1 Å². The molecule has 0 aliphatic heterocycles. The maximum absolute atomic E-state index is 10.9. The Kier molecular flexibility index (Phi) is 4.46. The van der Waals surface area contributed by atoms with Crippen LogP contribution in [-0.4, -0.2) is 23.1 Å². The highest BCUT2D eigenvalue weighted by molar-refractivity contribution is 5.67. The lowest BCUT2D eigenvalue weighted by molar-refractivity contribution is -0.388. The van der Waals surface area contributed by atoms with E-state index in [4.69, 9.17) is 10.5 Å². The molecule has 0 unspecified atom stereocenters. The van der Waals surface area contributed by atoms with Crippen LogP contribution < -0.4 is 15.8 Å². The lowest BCUT2D eigenvalue weighted by Crippen LogP contribution is -2.10. The van der Waals surface area contributed by atoms with Crippen LogP contribution in [0.5, 0.6) is 5.75 Å². The summed E-state index contributed by atoms with van der Waals surface area (Å²) in [5, 5.41) is 13.8. The van der Waals surface area contributed by atoms with Crippen molar-refractivity contribution in [1.82, 2.24) is 4.98 Å². The SMILES string of the molecule is NCCOc1cccc(Nc2cccnc2[N+](=O)[O-])c1. The van der Waals surface area contributed by atoms with Crippen molar-refractivity contribution in [3.8, 4) is 5.75 Å². The van der Waals surface area contributed by atoms with Gasteiger partial charge in [0.2, 0.25) is 0 Å².